The van der Waals surface area contributed by atoms with Crippen molar-refractivity contribution in [1.29, 1.82) is 0 Å². The minimum atomic E-state index is -1.73. The maximum atomic E-state index is 13.6. The topological polar surface area (TPSA) is 110 Å². The largest absolute Gasteiger partial charge is 0.467 e. The minimum absolute atomic E-state index is 0.0301. The molecule has 32 heavy (non-hydrogen) atoms. The maximum absolute atomic E-state index is 13.6. The zero-order valence-electron chi connectivity index (χ0n) is 17.1. The van der Waals surface area contributed by atoms with E-state index in [1.807, 2.05) is 0 Å². The summed E-state index contributed by atoms with van der Waals surface area (Å²) < 4.78 is 4.83. The molecule has 0 radical (unpaired) electrons. The van der Waals surface area contributed by atoms with E-state index < -0.39 is 35.3 Å². The van der Waals surface area contributed by atoms with E-state index in [1.54, 1.807) is 36.4 Å². The first-order valence-electron chi connectivity index (χ1n) is 9.92. The summed E-state index contributed by atoms with van der Waals surface area (Å²) in [4.78, 5) is 65.4. The van der Waals surface area contributed by atoms with Gasteiger partial charge in [0.2, 0.25) is 5.91 Å². The van der Waals surface area contributed by atoms with Crippen LogP contribution in [0.4, 0.5) is 0 Å². The van der Waals surface area contributed by atoms with Gasteiger partial charge in [0.1, 0.15) is 11.3 Å². The average Bonchev–Trinajstić information content (AvgIpc) is 3.30. The van der Waals surface area contributed by atoms with E-state index in [9.17, 15) is 24.0 Å². The zero-order chi connectivity index (χ0) is 23.0. The smallest absolute Gasteiger partial charge is 0.333 e. The number of ether oxygens (including phenoxy) is 1. The summed E-state index contributed by atoms with van der Waals surface area (Å²) in [5.74, 6) is -3.06. The number of nitrogens with zero attached hydrogens (tertiary/aromatic N) is 1. The van der Waals surface area contributed by atoms with Gasteiger partial charge in [-0.2, -0.15) is 0 Å². The third kappa shape index (κ3) is 3.46. The van der Waals surface area contributed by atoms with Crippen molar-refractivity contribution in [1.82, 2.24) is 10.2 Å². The zero-order valence-corrected chi connectivity index (χ0v) is 17.8. The molecule has 1 fully saturated rings. The SMILES string of the molecule is COC(=O)[C@@H](NC(=O)C1(N2C(=O)c3ccccc3C2=O)CCC(=O)C1)c1ccc(Cl)cc1. The summed E-state index contributed by atoms with van der Waals surface area (Å²) in [6, 6.07) is 11.2. The number of hydrogen-bond acceptors (Lipinski definition) is 6. The van der Waals surface area contributed by atoms with Crippen molar-refractivity contribution in [2.24, 2.45) is 0 Å². The number of methoxy groups -OCH3 is 1. The number of benzene rings is 2. The van der Waals surface area contributed by atoms with Gasteiger partial charge in [-0.15, -0.1) is 0 Å². The summed E-state index contributed by atoms with van der Waals surface area (Å²) >= 11 is 5.92. The molecule has 164 valence electrons. The lowest BCUT2D eigenvalue weighted by atomic mass is 9.92. The Morgan fingerprint density at radius 1 is 1.03 bits per heavy atom. The number of hydrogen-bond donors (Lipinski definition) is 1. The highest BCUT2D eigenvalue weighted by molar-refractivity contribution is 6.30. The normalized spacial score (nSPS) is 20.8. The van der Waals surface area contributed by atoms with E-state index in [0.717, 1.165) is 4.90 Å². The van der Waals surface area contributed by atoms with Crippen LogP contribution in [0.25, 0.3) is 0 Å². The number of rotatable bonds is 5. The van der Waals surface area contributed by atoms with Crippen molar-refractivity contribution >= 4 is 41.1 Å². The number of Topliss-reactive ketones (excluding diaryl/α,β-unsaturated/α-hetero) is 1. The fraction of sp³-hybridized carbons (Fsp3) is 0.261. The van der Waals surface area contributed by atoms with Gasteiger partial charge in [-0.3, -0.25) is 24.1 Å². The van der Waals surface area contributed by atoms with Crippen LogP contribution in [0.2, 0.25) is 5.02 Å². The van der Waals surface area contributed by atoms with Crippen LogP contribution in [0.1, 0.15) is 51.6 Å². The lowest BCUT2D eigenvalue weighted by Crippen LogP contribution is -2.60. The van der Waals surface area contributed by atoms with Gasteiger partial charge in [0.15, 0.2) is 6.04 Å². The molecule has 2 atom stereocenters. The highest BCUT2D eigenvalue weighted by atomic mass is 35.5. The van der Waals surface area contributed by atoms with Gasteiger partial charge in [-0.05, 0) is 36.2 Å². The van der Waals surface area contributed by atoms with Gasteiger partial charge < -0.3 is 10.1 Å². The van der Waals surface area contributed by atoms with E-state index in [0.29, 0.717) is 10.6 Å². The van der Waals surface area contributed by atoms with Gasteiger partial charge in [-0.25, -0.2) is 4.79 Å². The second kappa shape index (κ2) is 8.20. The van der Waals surface area contributed by atoms with Crippen LogP contribution in [0.15, 0.2) is 48.5 Å². The van der Waals surface area contributed by atoms with Crippen LogP contribution < -0.4 is 5.32 Å². The monoisotopic (exact) mass is 454 g/mol. The molecule has 2 aromatic carbocycles. The fourth-order valence-electron chi connectivity index (χ4n) is 4.23. The molecular formula is C23H19ClN2O6. The highest BCUT2D eigenvalue weighted by Crippen LogP contribution is 2.39. The molecule has 4 rings (SSSR count). The second-order valence-electron chi connectivity index (χ2n) is 7.72. The molecule has 0 aromatic heterocycles. The minimum Gasteiger partial charge on any atom is -0.467 e. The first-order chi connectivity index (χ1) is 15.3. The van der Waals surface area contributed by atoms with Crippen molar-refractivity contribution in [2.75, 3.05) is 7.11 Å². The Labute approximate surface area is 188 Å². The first kappa shape index (κ1) is 21.7. The molecule has 1 heterocycles. The molecule has 1 aliphatic heterocycles. The van der Waals surface area contributed by atoms with Crippen LogP contribution in [-0.4, -0.2) is 47.0 Å². The van der Waals surface area contributed by atoms with Gasteiger partial charge in [0.05, 0.1) is 18.2 Å². The van der Waals surface area contributed by atoms with Crippen LogP contribution in [0.3, 0.4) is 0 Å². The Hall–Kier alpha value is -3.52. The highest BCUT2D eigenvalue weighted by Gasteiger charge is 2.57. The number of esters is 1. The summed E-state index contributed by atoms with van der Waals surface area (Å²) in [6.07, 6.45) is -0.318. The number of carbonyl (C=O) groups is 5. The second-order valence-corrected chi connectivity index (χ2v) is 8.16. The molecule has 1 saturated carbocycles. The standard InChI is InChI=1S/C23H19ClN2O6/c1-32-21(30)18(13-6-8-14(24)9-7-13)25-22(31)23(11-10-15(27)12-23)26-19(28)16-4-2-3-5-17(16)20(26)29/h2-9,18H,10-12H2,1H3,(H,25,31)/t18-,23?/m0/s1. The third-order valence-corrected chi connectivity index (χ3v) is 6.12. The van der Waals surface area contributed by atoms with Crippen LogP contribution in [0.5, 0.6) is 0 Å². The van der Waals surface area contributed by atoms with Crippen molar-refractivity contribution in [2.45, 2.75) is 30.8 Å². The van der Waals surface area contributed by atoms with Crippen molar-refractivity contribution < 1.29 is 28.7 Å². The summed E-state index contributed by atoms with van der Waals surface area (Å²) in [5, 5.41) is 3.03. The Bertz CT molecular complexity index is 1110. The third-order valence-electron chi connectivity index (χ3n) is 5.87. The Balaban J connectivity index is 1.72. The number of fused-ring (bicyclic) bond motifs is 1. The van der Waals surface area contributed by atoms with Gasteiger partial charge >= 0.3 is 5.97 Å². The fourth-order valence-corrected chi connectivity index (χ4v) is 4.36. The molecule has 0 saturated heterocycles. The Kier molecular flexibility index (Phi) is 5.56. The number of nitrogens with one attached hydrogen (secondary N) is 1. The van der Waals surface area contributed by atoms with Crippen LogP contribution in [-0.2, 0) is 19.1 Å². The predicted molar refractivity (Wildman–Crippen MR) is 113 cm³/mol. The van der Waals surface area contributed by atoms with Gasteiger partial charge in [0, 0.05) is 17.9 Å². The lowest BCUT2D eigenvalue weighted by Gasteiger charge is -2.36. The molecule has 9 heteroatoms. The van der Waals surface area contributed by atoms with Gasteiger partial charge in [-0.1, -0.05) is 35.9 Å². The number of amides is 3. The number of halogens is 1. The molecular weight excluding hydrogens is 436 g/mol. The molecule has 0 spiro atoms. The summed E-state index contributed by atoms with van der Waals surface area (Å²) in [7, 11) is 1.18. The molecule has 1 aliphatic carbocycles. The quantitative estimate of drug-likeness (QED) is 0.549. The lowest BCUT2D eigenvalue weighted by molar-refractivity contribution is -0.146. The molecule has 2 aromatic rings. The molecule has 2 aliphatic rings. The van der Waals surface area contributed by atoms with E-state index >= 15 is 0 Å². The molecule has 1 N–H and O–H groups in total. The summed E-state index contributed by atoms with van der Waals surface area (Å²) in [5.41, 5.74) is -0.989. The van der Waals surface area contributed by atoms with Crippen molar-refractivity contribution in [3.63, 3.8) is 0 Å². The maximum Gasteiger partial charge on any atom is 0.333 e. The number of carbonyl (C=O) groups excluding carboxylic acids is 5. The Morgan fingerprint density at radius 3 is 2.12 bits per heavy atom. The van der Waals surface area contributed by atoms with Crippen molar-refractivity contribution in [3.05, 3.63) is 70.2 Å². The molecule has 3 amide bonds. The van der Waals surface area contributed by atoms with E-state index in [1.165, 1.54) is 19.2 Å². The van der Waals surface area contributed by atoms with E-state index in [4.69, 9.17) is 16.3 Å². The average molecular weight is 455 g/mol. The first-order valence-corrected chi connectivity index (χ1v) is 10.3. The van der Waals surface area contributed by atoms with E-state index in [2.05, 4.69) is 5.32 Å². The molecule has 8 nitrogen and oxygen atoms in total. The van der Waals surface area contributed by atoms with Crippen LogP contribution in [0, 0.1) is 0 Å². The van der Waals surface area contributed by atoms with Gasteiger partial charge in [0.25, 0.3) is 11.8 Å². The molecule has 0 bridgehead atoms. The van der Waals surface area contributed by atoms with Crippen molar-refractivity contribution in [3.8, 4) is 0 Å². The predicted octanol–water partition coefficient (Wildman–Crippen LogP) is 2.46. The number of ketones is 1. The number of imide groups is 1. The van der Waals surface area contributed by atoms with Crippen LogP contribution >= 0.6 is 11.6 Å². The molecule has 1 unspecified atom stereocenters. The Morgan fingerprint density at radius 2 is 1.62 bits per heavy atom. The van der Waals surface area contributed by atoms with E-state index in [-0.39, 0.29) is 36.2 Å². The summed E-state index contributed by atoms with van der Waals surface area (Å²) in [6.45, 7) is 0.